The average molecular weight is 131 g/mol. The third-order valence-corrected chi connectivity index (χ3v) is 1.19. The van der Waals surface area contributed by atoms with E-state index in [0.29, 0.717) is 0 Å². The highest BCUT2D eigenvalue weighted by atomic mass is 32.2. The van der Waals surface area contributed by atoms with E-state index >= 15 is 0 Å². The monoisotopic (exact) mass is 131 g/mol. The minimum Gasteiger partial charge on any atom is -0.261 e. The van der Waals surface area contributed by atoms with E-state index in [1.807, 2.05) is 6.26 Å². The van der Waals surface area contributed by atoms with E-state index < -0.39 is 0 Å². The number of allylic oxidation sites excluding steroid dienone is 1. The fourth-order valence-corrected chi connectivity index (χ4v) is 0.579. The summed E-state index contributed by atoms with van der Waals surface area (Å²) in [5, 5.41) is 0. The van der Waals surface area contributed by atoms with Gasteiger partial charge in [0.15, 0.2) is 0 Å². The summed E-state index contributed by atoms with van der Waals surface area (Å²) >= 11 is 1.65. The van der Waals surface area contributed by atoms with Crippen LogP contribution in [0, 0.1) is 0 Å². The smallest absolute Gasteiger partial charge is 0.0241 e. The molecule has 0 aromatic heterocycles. The third kappa shape index (κ3) is 6.05. The van der Waals surface area contributed by atoms with Gasteiger partial charge in [0.2, 0.25) is 0 Å². The van der Waals surface area contributed by atoms with Crippen LogP contribution in [-0.2, 0) is 0 Å². The summed E-state index contributed by atoms with van der Waals surface area (Å²) in [6.45, 7) is 5.17. The molecule has 0 bridgehead atoms. The Morgan fingerprint density at radius 3 is 2.62 bits per heavy atom. The summed E-state index contributed by atoms with van der Waals surface area (Å²) in [6, 6.07) is 0. The molecule has 0 atom stereocenters. The normalized spacial score (nSPS) is 8.88. The van der Waals surface area contributed by atoms with Gasteiger partial charge in [-0.3, -0.25) is 4.72 Å². The highest BCUT2D eigenvalue weighted by Gasteiger charge is 1.75. The van der Waals surface area contributed by atoms with E-state index in [2.05, 4.69) is 24.6 Å². The van der Waals surface area contributed by atoms with Crippen molar-refractivity contribution in [1.29, 1.82) is 0 Å². The molecule has 0 heterocycles. The van der Waals surface area contributed by atoms with Crippen LogP contribution in [0.4, 0.5) is 0 Å². The van der Waals surface area contributed by atoms with Crippen LogP contribution in [0.2, 0.25) is 0 Å². The molecule has 48 valence electrons. The number of rotatable bonds is 3. The van der Waals surface area contributed by atoms with Crippen LogP contribution in [0.3, 0.4) is 0 Å². The molecular weight excluding hydrogens is 118 g/mol. The lowest BCUT2D eigenvalue weighted by atomic mass is 10.3. The Labute approximate surface area is 55.7 Å². The molecule has 2 heteroatoms. The molecule has 0 aliphatic carbocycles. The van der Waals surface area contributed by atoms with E-state index in [4.69, 9.17) is 0 Å². The molecule has 1 nitrogen and oxygen atoms in total. The summed E-state index contributed by atoms with van der Waals surface area (Å²) in [5.74, 6) is 0. The summed E-state index contributed by atoms with van der Waals surface area (Å²) in [7, 11) is 0. The van der Waals surface area contributed by atoms with Gasteiger partial charge in [0.25, 0.3) is 0 Å². The minimum atomic E-state index is 0.976. The SMILES string of the molecule is CSNCC=C(C)C. The molecule has 1 N–H and O–H groups in total. The highest BCUT2D eigenvalue weighted by Crippen LogP contribution is 1.87. The molecule has 0 saturated heterocycles. The van der Waals surface area contributed by atoms with Gasteiger partial charge in [-0.15, -0.1) is 0 Å². The molecule has 0 aliphatic heterocycles. The van der Waals surface area contributed by atoms with Gasteiger partial charge in [0.05, 0.1) is 0 Å². The van der Waals surface area contributed by atoms with Gasteiger partial charge in [-0.1, -0.05) is 23.6 Å². The molecule has 8 heavy (non-hydrogen) atoms. The summed E-state index contributed by atoms with van der Waals surface area (Å²) in [5.41, 5.74) is 1.37. The van der Waals surface area contributed by atoms with Crippen molar-refractivity contribution >= 4 is 11.9 Å². The van der Waals surface area contributed by atoms with Crippen LogP contribution in [0.25, 0.3) is 0 Å². The van der Waals surface area contributed by atoms with Crippen molar-refractivity contribution in [2.45, 2.75) is 13.8 Å². The number of nitrogens with one attached hydrogen (secondary N) is 1. The van der Waals surface area contributed by atoms with Gasteiger partial charge in [-0.2, -0.15) is 0 Å². The first-order chi connectivity index (χ1) is 3.77. The van der Waals surface area contributed by atoms with Crippen LogP contribution in [0.1, 0.15) is 13.8 Å². The van der Waals surface area contributed by atoms with Crippen molar-refractivity contribution in [2.75, 3.05) is 12.8 Å². The van der Waals surface area contributed by atoms with Gasteiger partial charge in [0, 0.05) is 6.54 Å². The Kier molecular flexibility index (Phi) is 5.22. The topological polar surface area (TPSA) is 12.0 Å². The predicted octanol–water partition coefficient (Wildman–Crippen LogP) is 1.82. The van der Waals surface area contributed by atoms with E-state index in [0.717, 1.165) is 6.54 Å². The van der Waals surface area contributed by atoms with Gasteiger partial charge in [-0.05, 0) is 20.1 Å². The van der Waals surface area contributed by atoms with Crippen molar-refractivity contribution < 1.29 is 0 Å². The standard InChI is InChI=1S/C6H13NS/c1-6(2)4-5-7-8-3/h4,7H,5H2,1-3H3. The van der Waals surface area contributed by atoms with E-state index in [1.54, 1.807) is 11.9 Å². The highest BCUT2D eigenvalue weighted by molar-refractivity contribution is 7.96. The Morgan fingerprint density at radius 2 is 2.25 bits per heavy atom. The number of hydrogen-bond acceptors (Lipinski definition) is 2. The molecule has 0 radical (unpaired) electrons. The lowest BCUT2D eigenvalue weighted by Crippen LogP contribution is -2.00. The van der Waals surface area contributed by atoms with Crippen LogP contribution in [0.15, 0.2) is 11.6 Å². The Morgan fingerprint density at radius 1 is 1.62 bits per heavy atom. The van der Waals surface area contributed by atoms with Crippen LogP contribution in [0.5, 0.6) is 0 Å². The van der Waals surface area contributed by atoms with E-state index in [9.17, 15) is 0 Å². The maximum Gasteiger partial charge on any atom is 0.0241 e. The van der Waals surface area contributed by atoms with E-state index in [-0.39, 0.29) is 0 Å². The summed E-state index contributed by atoms with van der Waals surface area (Å²) < 4.78 is 3.12. The Balaban J connectivity index is 3.03. The third-order valence-electron chi connectivity index (χ3n) is 0.738. The second-order valence-electron chi connectivity index (χ2n) is 1.83. The first-order valence-corrected chi connectivity index (χ1v) is 3.89. The first kappa shape index (κ1) is 8.05. The summed E-state index contributed by atoms with van der Waals surface area (Å²) in [4.78, 5) is 0. The fourth-order valence-electron chi connectivity index (χ4n) is 0.329. The number of hydrogen-bond donors (Lipinski definition) is 1. The van der Waals surface area contributed by atoms with Gasteiger partial charge in [0.1, 0.15) is 0 Å². The molecule has 0 aromatic rings. The molecule has 0 amide bonds. The molecule has 0 aromatic carbocycles. The van der Waals surface area contributed by atoms with Crippen molar-refractivity contribution in [3.63, 3.8) is 0 Å². The van der Waals surface area contributed by atoms with Gasteiger partial charge >= 0.3 is 0 Å². The average Bonchev–Trinajstić information content (AvgIpc) is 1.66. The Bertz CT molecular complexity index is 74.6. The largest absolute Gasteiger partial charge is 0.261 e. The molecule has 0 saturated carbocycles. The van der Waals surface area contributed by atoms with Crippen LogP contribution >= 0.6 is 11.9 Å². The molecule has 0 fully saturated rings. The minimum absolute atomic E-state index is 0.976. The predicted molar refractivity (Wildman–Crippen MR) is 40.9 cm³/mol. The zero-order chi connectivity index (χ0) is 6.41. The van der Waals surface area contributed by atoms with Gasteiger partial charge in [-0.25, -0.2) is 0 Å². The maximum atomic E-state index is 3.12. The van der Waals surface area contributed by atoms with Crippen LogP contribution in [-0.4, -0.2) is 12.8 Å². The first-order valence-electron chi connectivity index (χ1n) is 2.66. The summed E-state index contributed by atoms with van der Waals surface area (Å²) in [6.07, 6.45) is 4.19. The quantitative estimate of drug-likeness (QED) is 0.356. The lowest BCUT2D eigenvalue weighted by molar-refractivity contribution is 1.11. The fraction of sp³-hybridized carbons (Fsp3) is 0.667. The zero-order valence-corrected chi connectivity index (χ0v) is 6.51. The Hall–Kier alpha value is 0.0500. The molecule has 0 spiro atoms. The molecule has 0 rings (SSSR count). The van der Waals surface area contributed by atoms with Crippen molar-refractivity contribution in [2.24, 2.45) is 0 Å². The van der Waals surface area contributed by atoms with Crippen molar-refractivity contribution in [3.05, 3.63) is 11.6 Å². The molecule has 0 unspecified atom stereocenters. The maximum absolute atomic E-state index is 3.12. The lowest BCUT2D eigenvalue weighted by Gasteiger charge is -1.92. The second kappa shape index (κ2) is 5.19. The van der Waals surface area contributed by atoms with Crippen molar-refractivity contribution in [1.82, 2.24) is 4.72 Å². The molecule has 0 aliphatic rings. The van der Waals surface area contributed by atoms with Gasteiger partial charge < -0.3 is 0 Å². The van der Waals surface area contributed by atoms with Crippen LogP contribution < -0.4 is 4.72 Å². The van der Waals surface area contributed by atoms with Crippen molar-refractivity contribution in [3.8, 4) is 0 Å². The second-order valence-corrected chi connectivity index (χ2v) is 2.53. The zero-order valence-electron chi connectivity index (χ0n) is 5.69. The van der Waals surface area contributed by atoms with E-state index in [1.165, 1.54) is 5.57 Å². The molecular formula is C6H13NS.